The van der Waals surface area contributed by atoms with E-state index in [0.717, 1.165) is 18.7 Å². The molecule has 0 fully saturated rings. The molecule has 0 aromatic heterocycles. The van der Waals surface area contributed by atoms with E-state index >= 15 is 0 Å². The van der Waals surface area contributed by atoms with E-state index in [1.807, 2.05) is 19.2 Å². The second-order valence-electron chi connectivity index (χ2n) is 3.46. The number of hydrogen-bond donors (Lipinski definition) is 1. The summed E-state index contributed by atoms with van der Waals surface area (Å²) in [5.41, 5.74) is 4.00. The monoisotopic (exact) mass is 189 g/mol. The van der Waals surface area contributed by atoms with Crippen molar-refractivity contribution >= 4 is 5.57 Å². The largest absolute Gasteiger partial charge is 0.496 e. The third-order valence-electron chi connectivity index (χ3n) is 2.59. The molecule has 2 nitrogen and oxygen atoms in total. The summed E-state index contributed by atoms with van der Waals surface area (Å²) in [6.45, 7) is 0.910. The molecule has 0 atom stereocenters. The smallest absolute Gasteiger partial charge is 0.126 e. The highest BCUT2D eigenvalue weighted by molar-refractivity contribution is 5.78. The standard InChI is InChI=1S/C12H15NO/c1-13-8-10-7-6-9-4-3-5-11(14-2)12(9)10/h3-5,7,13H,6,8H2,1-2H3. The first kappa shape index (κ1) is 9.28. The number of fused-ring (bicyclic) bond motifs is 1. The Labute approximate surface area is 84.6 Å². The van der Waals surface area contributed by atoms with Crippen molar-refractivity contribution in [2.45, 2.75) is 6.42 Å². The molecule has 2 heteroatoms. The zero-order valence-electron chi connectivity index (χ0n) is 8.63. The zero-order valence-corrected chi connectivity index (χ0v) is 8.63. The molecule has 1 aliphatic rings. The molecule has 74 valence electrons. The first-order chi connectivity index (χ1) is 6.86. The number of ether oxygens (including phenoxy) is 1. The molecule has 1 N–H and O–H groups in total. The summed E-state index contributed by atoms with van der Waals surface area (Å²) < 4.78 is 5.37. The Kier molecular flexibility index (Phi) is 2.55. The molecule has 1 aromatic carbocycles. The van der Waals surface area contributed by atoms with Crippen LogP contribution in [0.5, 0.6) is 5.75 Å². The summed E-state index contributed by atoms with van der Waals surface area (Å²) in [6, 6.07) is 6.23. The van der Waals surface area contributed by atoms with Gasteiger partial charge in [0.1, 0.15) is 5.75 Å². The highest BCUT2D eigenvalue weighted by Gasteiger charge is 2.17. The summed E-state index contributed by atoms with van der Waals surface area (Å²) in [6.07, 6.45) is 3.30. The summed E-state index contributed by atoms with van der Waals surface area (Å²) in [5, 5.41) is 3.18. The van der Waals surface area contributed by atoms with E-state index in [1.165, 1.54) is 16.7 Å². The summed E-state index contributed by atoms with van der Waals surface area (Å²) >= 11 is 0. The van der Waals surface area contributed by atoms with Crippen molar-refractivity contribution < 1.29 is 4.74 Å². The Morgan fingerprint density at radius 1 is 1.43 bits per heavy atom. The average molecular weight is 189 g/mol. The van der Waals surface area contributed by atoms with Crippen molar-refractivity contribution in [2.75, 3.05) is 20.7 Å². The van der Waals surface area contributed by atoms with Crippen molar-refractivity contribution in [3.63, 3.8) is 0 Å². The maximum atomic E-state index is 5.37. The first-order valence-electron chi connectivity index (χ1n) is 4.86. The lowest BCUT2D eigenvalue weighted by atomic mass is 10.0. The Bertz CT molecular complexity index is 369. The fourth-order valence-corrected chi connectivity index (χ4v) is 1.97. The molecule has 0 amide bonds. The van der Waals surface area contributed by atoms with E-state index < -0.39 is 0 Å². The van der Waals surface area contributed by atoms with Crippen LogP contribution in [0.4, 0.5) is 0 Å². The Hall–Kier alpha value is -1.28. The summed E-state index contributed by atoms with van der Waals surface area (Å²) in [4.78, 5) is 0. The molecule has 0 heterocycles. The van der Waals surface area contributed by atoms with Gasteiger partial charge in [-0.05, 0) is 30.7 Å². The molecule has 2 rings (SSSR count). The van der Waals surface area contributed by atoms with Crippen LogP contribution in [0.25, 0.3) is 5.57 Å². The quantitative estimate of drug-likeness (QED) is 0.783. The molecular weight excluding hydrogens is 174 g/mol. The van der Waals surface area contributed by atoms with Crippen LogP contribution in [-0.2, 0) is 6.42 Å². The van der Waals surface area contributed by atoms with E-state index in [-0.39, 0.29) is 0 Å². The highest BCUT2D eigenvalue weighted by atomic mass is 16.5. The van der Waals surface area contributed by atoms with E-state index in [9.17, 15) is 0 Å². The van der Waals surface area contributed by atoms with E-state index in [0.29, 0.717) is 0 Å². The van der Waals surface area contributed by atoms with E-state index in [4.69, 9.17) is 4.74 Å². The molecule has 1 aliphatic carbocycles. The van der Waals surface area contributed by atoms with Gasteiger partial charge in [-0.15, -0.1) is 0 Å². The van der Waals surface area contributed by atoms with Crippen molar-refractivity contribution in [3.8, 4) is 5.75 Å². The van der Waals surface area contributed by atoms with Gasteiger partial charge < -0.3 is 10.1 Å². The van der Waals surface area contributed by atoms with E-state index in [2.05, 4.69) is 17.5 Å². The maximum absolute atomic E-state index is 5.37. The minimum atomic E-state index is 0.910. The lowest BCUT2D eigenvalue weighted by Gasteiger charge is -2.10. The summed E-state index contributed by atoms with van der Waals surface area (Å²) in [5.74, 6) is 0.988. The lowest BCUT2D eigenvalue weighted by molar-refractivity contribution is 0.413. The van der Waals surface area contributed by atoms with E-state index in [1.54, 1.807) is 7.11 Å². The average Bonchev–Trinajstić information content (AvgIpc) is 2.62. The topological polar surface area (TPSA) is 21.3 Å². The van der Waals surface area contributed by atoms with Crippen molar-refractivity contribution in [1.82, 2.24) is 5.32 Å². The fourth-order valence-electron chi connectivity index (χ4n) is 1.97. The molecule has 0 unspecified atom stereocenters. The fraction of sp³-hybridized carbons (Fsp3) is 0.333. The molecular formula is C12H15NO. The van der Waals surface area contributed by atoms with Gasteiger partial charge in [-0.2, -0.15) is 0 Å². The Balaban J connectivity index is 2.42. The molecule has 14 heavy (non-hydrogen) atoms. The second kappa shape index (κ2) is 3.84. The van der Waals surface area contributed by atoms with Crippen LogP contribution < -0.4 is 10.1 Å². The number of benzene rings is 1. The molecule has 1 aromatic rings. The number of nitrogens with one attached hydrogen (secondary N) is 1. The summed E-state index contributed by atoms with van der Waals surface area (Å²) in [7, 11) is 3.69. The van der Waals surface area contributed by atoms with Crippen LogP contribution in [0.3, 0.4) is 0 Å². The predicted octanol–water partition coefficient (Wildman–Crippen LogP) is 1.85. The minimum Gasteiger partial charge on any atom is -0.496 e. The van der Waals surface area contributed by atoms with Gasteiger partial charge in [0.2, 0.25) is 0 Å². The van der Waals surface area contributed by atoms with Gasteiger partial charge >= 0.3 is 0 Å². The number of methoxy groups -OCH3 is 1. The maximum Gasteiger partial charge on any atom is 0.126 e. The van der Waals surface area contributed by atoms with Gasteiger partial charge in [-0.1, -0.05) is 18.2 Å². The van der Waals surface area contributed by atoms with Gasteiger partial charge in [-0.3, -0.25) is 0 Å². The molecule has 0 saturated heterocycles. The normalized spacial score (nSPS) is 13.7. The lowest BCUT2D eigenvalue weighted by Crippen LogP contribution is -2.09. The SMILES string of the molecule is CNCC1=CCc2cccc(OC)c21. The van der Waals surface area contributed by atoms with Crippen molar-refractivity contribution in [2.24, 2.45) is 0 Å². The number of rotatable bonds is 3. The van der Waals surface area contributed by atoms with Crippen LogP contribution in [0.15, 0.2) is 24.3 Å². The van der Waals surface area contributed by atoms with Crippen LogP contribution in [0, 0.1) is 0 Å². The van der Waals surface area contributed by atoms with Gasteiger partial charge in [-0.25, -0.2) is 0 Å². The van der Waals surface area contributed by atoms with Crippen molar-refractivity contribution in [1.29, 1.82) is 0 Å². The van der Waals surface area contributed by atoms with Crippen LogP contribution >= 0.6 is 0 Å². The van der Waals surface area contributed by atoms with Crippen molar-refractivity contribution in [3.05, 3.63) is 35.4 Å². The van der Waals surface area contributed by atoms with Crippen LogP contribution in [0.1, 0.15) is 11.1 Å². The van der Waals surface area contributed by atoms with Crippen LogP contribution in [-0.4, -0.2) is 20.7 Å². The first-order valence-corrected chi connectivity index (χ1v) is 4.86. The molecule has 0 bridgehead atoms. The predicted molar refractivity (Wildman–Crippen MR) is 58.6 cm³/mol. The number of likely N-dealkylation sites (N-methyl/N-ethyl adjacent to an activating group) is 1. The van der Waals surface area contributed by atoms with Gasteiger partial charge in [0, 0.05) is 12.1 Å². The number of hydrogen-bond acceptors (Lipinski definition) is 2. The minimum absolute atomic E-state index is 0.910. The Morgan fingerprint density at radius 2 is 2.29 bits per heavy atom. The number of allylic oxidation sites excluding steroid dienone is 1. The molecule has 0 spiro atoms. The molecule has 0 saturated carbocycles. The van der Waals surface area contributed by atoms with Crippen LogP contribution in [0.2, 0.25) is 0 Å². The highest BCUT2D eigenvalue weighted by Crippen LogP contribution is 2.34. The van der Waals surface area contributed by atoms with Gasteiger partial charge in [0.05, 0.1) is 7.11 Å². The zero-order chi connectivity index (χ0) is 9.97. The second-order valence-corrected chi connectivity index (χ2v) is 3.46. The molecule has 0 radical (unpaired) electrons. The third-order valence-corrected chi connectivity index (χ3v) is 2.59. The Morgan fingerprint density at radius 3 is 3.00 bits per heavy atom. The van der Waals surface area contributed by atoms with Gasteiger partial charge in [0.15, 0.2) is 0 Å². The van der Waals surface area contributed by atoms with Gasteiger partial charge in [0.25, 0.3) is 0 Å². The molecule has 0 aliphatic heterocycles. The third kappa shape index (κ3) is 1.42.